The highest BCUT2D eigenvalue weighted by atomic mass is 16.2. The number of fused-ring (bicyclic) bond motifs is 1. The van der Waals surface area contributed by atoms with E-state index < -0.39 is 0 Å². The van der Waals surface area contributed by atoms with Crippen molar-refractivity contribution < 1.29 is 4.79 Å². The Labute approximate surface area is 177 Å². The van der Waals surface area contributed by atoms with Gasteiger partial charge in [-0.15, -0.1) is 0 Å². The zero-order chi connectivity index (χ0) is 20.9. The maximum Gasteiger partial charge on any atom is 0.255 e. The molecule has 0 aliphatic carbocycles. The van der Waals surface area contributed by atoms with E-state index in [9.17, 15) is 4.79 Å². The lowest BCUT2D eigenvalue weighted by molar-refractivity contribution is 0.0745. The van der Waals surface area contributed by atoms with Crippen LogP contribution in [0, 0.1) is 0 Å². The Hall–Kier alpha value is -3.47. The fourth-order valence-electron chi connectivity index (χ4n) is 3.58. The summed E-state index contributed by atoms with van der Waals surface area (Å²) in [6, 6.07) is 22.5. The molecule has 0 aliphatic heterocycles. The summed E-state index contributed by atoms with van der Waals surface area (Å²) in [6.45, 7) is 5.34. The Kier molecular flexibility index (Phi) is 5.89. The molecule has 30 heavy (non-hydrogen) atoms. The van der Waals surface area contributed by atoms with Crippen LogP contribution in [0.25, 0.3) is 11.0 Å². The minimum absolute atomic E-state index is 0.0125. The number of hydrogen-bond acceptors (Lipinski definition) is 3. The van der Waals surface area contributed by atoms with Gasteiger partial charge in [0.1, 0.15) is 0 Å². The Morgan fingerprint density at radius 1 is 0.967 bits per heavy atom. The molecule has 0 N–H and O–H groups in total. The normalized spacial score (nSPS) is 11.2. The topological polar surface area (TPSA) is 51.0 Å². The van der Waals surface area contributed by atoms with Crippen LogP contribution in [0.1, 0.15) is 41.4 Å². The molecule has 0 bridgehead atoms. The van der Waals surface area contributed by atoms with Gasteiger partial charge in [0.15, 0.2) is 5.65 Å². The highest BCUT2D eigenvalue weighted by Gasteiger charge is 2.18. The Morgan fingerprint density at radius 2 is 1.63 bits per heavy atom. The first kappa shape index (κ1) is 19.8. The van der Waals surface area contributed by atoms with Gasteiger partial charge in [0, 0.05) is 30.7 Å². The lowest BCUT2D eigenvalue weighted by Crippen LogP contribution is -2.32. The molecule has 2 heterocycles. The summed E-state index contributed by atoms with van der Waals surface area (Å²) < 4.78 is 1.88. The van der Waals surface area contributed by atoms with E-state index >= 15 is 0 Å². The van der Waals surface area contributed by atoms with Crippen molar-refractivity contribution in [2.75, 3.05) is 6.54 Å². The van der Waals surface area contributed by atoms with Gasteiger partial charge in [0.05, 0.1) is 11.8 Å². The van der Waals surface area contributed by atoms with Crippen molar-refractivity contribution in [1.82, 2.24) is 19.7 Å². The number of rotatable bonds is 7. The van der Waals surface area contributed by atoms with E-state index in [4.69, 9.17) is 0 Å². The van der Waals surface area contributed by atoms with Crippen LogP contribution in [0.3, 0.4) is 0 Å². The first-order valence-corrected chi connectivity index (χ1v) is 10.3. The number of amides is 1. The molecular weight excluding hydrogens is 372 g/mol. The molecule has 152 valence electrons. The van der Waals surface area contributed by atoms with Crippen molar-refractivity contribution in [2.45, 2.75) is 32.9 Å². The van der Waals surface area contributed by atoms with Gasteiger partial charge in [-0.1, -0.05) is 60.7 Å². The first-order chi connectivity index (χ1) is 14.6. The summed E-state index contributed by atoms with van der Waals surface area (Å²) in [4.78, 5) is 19.9. The molecule has 0 spiro atoms. The molecule has 5 heteroatoms. The van der Waals surface area contributed by atoms with Crippen LogP contribution >= 0.6 is 0 Å². The van der Waals surface area contributed by atoms with Crippen molar-refractivity contribution in [1.29, 1.82) is 0 Å². The van der Waals surface area contributed by atoms with Crippen LogP contribution in [-0.2, 0) is 13.0 Å². The lowest BCUT2D eigenvalue weighted by atomic mass is 10.1. The summed E-state index contributed by atoms with van der Waals surface area (Å²) in [5, 5.41) is 5.30. The van der Waals surface area contributed by atoms with Crippen molar-refractivity contribution in [3.05, 3.63) is 95.8 Å². The minimum Gasteiger partial charge on any atom is -0.334 e. The number of pyridine rings is 1. The predicted octanol–water partition coefficient (Wildman–Crippen LogP) is 4.90. The van der Waals surface area contributed by atoms with Gasteiger partial charge in [0.2, 0.25) is 0 Å². The van der Waals surface area contributed by atoms with Crippen LogP contribution in [0.2, 0.25) is 0 Å². The smallest absolute Gasteiger partial charge is 0.255 e. The van der Waals surface area contributed by atoms with E-state index in [2.05, 4.69) is 48.2 Å². The fourth-order valence-corrected chi connectivity index (χ4v) is 3.58. The van der Waals surface area contributed by atoms with Crippen LogP contribution in [0.5, 0.6) is 0 Å². The quantitative estimate of drug-likeness (QED) is 0.445. The third-order valence-electron chi connectivity index (χ3n) is 5.19. The highest BCUT2D eigenvalue weighted by Crippen LogP contribution is 2.19. The molecule has 0 saturated heterocycles. The molecule has 5 nitrogen and oxygen atoms in total. The van der Waals surface area contributed by atoms with E-state index in [1.165, 1.54) is 5.56 Å². The zero-order valence-corrected chi connectivity index (χ0v) is 17.4. The minimum atomic E-state index is -0.0125. The molecule has 0 radical (unpaired) electrons. The molecular formula is C25H26N4O. The summed E-state index contributed by atoms with van der Waals surface area (Å²) in [5.41, 5.74) is 3.73. The molecule has 2 aromatic heterocycles. The van der Waals surface area contributed by atoms with Crippen LogP contribution in [0.4, 0.5) is 0 Å². The number of hydrogen-bond donors (Lipinski definition) is 0. The largest absolute Gasteiger partial charge is 0.334 e. The number of carbonyl (C=O) groups is 1. The Morgan fingerprint density at radius 3 is 2.30 bits per heavy atom. The lowest BCUT2D eigenvalue weighted by Gasteiger charge is -2.23. The van der Waals surface area contributed by atoms with Gasteiger partial charge < -0.3 is 4.90 Å². The average Bonchev–Trinajstić information content (AvgIpc) is 3.21. The van der Waals surface area contributed by atoms with E-state index in [0.29, 0.717) is 18.7 Å². The van der Waals surface area contributed by atoms with Gasteiger partial charge in [-0.25, -0.2) is 9.67 Å². The van der Waals surface area contributed by atoms with Crippen LogP contribution < -0.4 is 0 Å². The van der Waals surface area contributed by atoms with Crippen molar-refractivity contribution >= 4 is 16.9 Å². The molecule has 1 amide bonds. The molecule has 4 aromatic rings. The monoisotopic (exact) mass is 398 g/mol. The number of nitrogens with zero attached hydrogens (tertiary/aromatic N) is 4. The molecule has 0 atom stereocenters. The summed E-state index contributed by atoms with van der Waals surface area (Å²) in [5.74, 6) is -0.0125. The highest BCUT2D eigenvalue weighted by molar-refractivity contribution is 5.96. The molecule has 0 fully saturated rings. The Balaban J connectivity index is 1.59. The Bertz CT molecular complexity index is 1120. The summed E-state index contributed by atoms with van der Waals surface area (Å²) >= 11 is 0. The number of benzene rings is 2. The maximum atomic E-state index is 13.4. The molecule has 2 aromatic carbocycles. The first-order valence-electron chi connectivity index (χ1n) is 10.3. The maximum absolute atomic E-state index is 13.4. The molecule has 4 rings (SSSR count). The van der Waals surface area contributed by atoms with Crippen molar-refractivity contribution in [3.63, 3.8) is 0 Å². The van der Waals surface area contributed by atoms with Gasteiger partial charge in [-0.3, -0.25) is 4.79 Å². The van der Waals surface area contributed by atoms with E-state index in [1.54, 1.807) is 12.4 Å². The third-order valence-corrected chi connectivity index (χ3v) is 5.19. The summed E-state index contributed by atoms with van der Waals surface area (Å²) in [6.07, 6.45) is 4.26. The molecule has 0 saturated carbocycles. The van der Waals surface area contributed by atoms with E-state index in [1.807, 2.05) is 52.0 Å². The van der Waals surface area contributed by atoms with Crippen molar-refractivity contribution in [2.24, 2.45) is 0 Å². The van der Waals surface area contributed by atoms with Crippen molar-refractivity contribution in [3.8, 4) is 0 Å². The van der Waals surface area contributed by atoms with Crippen LogP contribution in [-0.4, -0.2) is 32.1 Å². The second kappa shape index (κ2) is 8.91. The predicted molar refractivity (Wildman–Crippen MR) is 119 cm³/mol. The van der Waals surface area contributed by atoms with Gasteiger partial charge in [-0.05, 0) is 37.5 Å². The van der Waals surface area contributed by atoms with E-state index in [-0.39, 0.29) is 11.9 Å². The molecule has 0 unspecified atom stereocenters. The SMILES string of the molecule is CC(C)n1ncc2cc(C(=O)N(CCc3ccccc3)Cc3ccccc3)cnc21. The fraction of sp³-hybridized carbons (Fsp3) is 0.240. The number of aromatic nitrogens is 3. The third kappa shape index (κ3) is 4.40. The molecule has 0 aliphatic rings. The van der Waals surface area contributed by atoms with Gasteiger partial charge in [0.25, 0.3) is 5.91 Å². The van der Waals surface area contributed by atoms with Gasteiger partial charge >= 0.3 is 0 Å². The van der Waals surface area contributed by atoms with Gasteiger partial charge in [-0.2, -0.15) is 5.10 Å². The summed E-state index contributed by atoms with van der Waals surface area (Å²) in [7, 11) is 0. The zero-order valence-electron chi connectivity index (χ0n) is 17.4. The second-order valence-electron chi connectivity index (χ2n) is 7.77. The number of carbonyl (C=O) groups excluding carboxylic acids is 1. The van der Waals surface area contributed by atoms with E-state index in [0.717, 1.165) is 23.0 Å². The van der Waals surface area contributed by atoms with Crippen LogP contribution in [0.15, 0.2) is 79.1 Å². The average molecular weight is 399 g/mol. The standard InChI is InChI=1S/C25H26N4O/c1-19(2)29-24-22(17-27-29)15-23(16-26-24)25(30)28(18-21-11-7-4-8-12-21)14-13-20-9-5-3-6-10-20/h3-12,15-17,19H,13-14,18H2,1-2H3. The second-order valence-corrected chi connectivity index (χ2v) is 7.77.